The molecule has 0 bridgehead atoms. The first-order valence-corrected chi connectivity index (χ1v) is 22.1. The predicted molar refractivity (Wildman–Crippen MR) is 222 cm³/mol. The lowest BCUT2D eigenvalue weighted by molar-refractivity contribution is -0.141. The van der Waals surface area contributed by atoms with Crippen LogP contribution in [-0.4, -0.2) is 72.6 Å². The number of rotatable bonds is 16. The van der Waals surface area contributed by atoms with Gasteiger partial charge in [0.1, 0.15) is 5.75 Å². The Kier molecular flexibility index (Phi) is 13.2. The van der Waals surface area contributed by atoms with Gasteiger partial charge in [0, 0.05) is 13.0 Å². The molecule has 2 heterocycles. The molecule has 56 heavy (non-hydrogen) atoms. The van der Waals surface area contributed by atoms with Crippen molar-refractivity contribution >= 4 is 49.7 Å². The van der Waals surface area contributed by atoms with E-state index < -0.39 is 45.3 Å². The maximum Gasteiger partial charge on any atom is 0.455 e. The number of unbranched alkanes of at least 4 members (excludes halogenated alkanes) is 2. The van der Waals surface area contributed by atoms with E-state index >= 15 is 0 Å². The van der Waals surface area contributed by atoms with Gasteiger partial charge in [0.25, 0.3) is 8.32 Å². The maximum absolute atomic E-state index is 14.3. The third-order valence-corrected chi connectivity index (χ3v) is 17.0. The van der Waals surface area contributed by atoms with Gasteiger partial charge in [0.2, 0.25) is 11.8 Å². The van der Waals surface area contributed by atoms with Gasteiger partial charge in [0.05, 0.1) is 24.5 Å². The molecule has 0 aromatic heterocycles. The number of fused-ring (bicyclic) bond motifs is 3. The third kappa shape index (κ3) is 8.81. The minimum Gasteiger partial charge on any atom is -0.508 e. The van der Waals surface area contributed by atoms with Crippen LogP contribution in [0.4, 0.5) is 0 Å². The summed E-state index contributed by atoms with van der Waals surface area (Å²) in [5.74, 6) is -2.64. The lowest BCUT2D eigenvalue weighted by atomic mass is 9.58. The van der Waals surface area contributed by atoms with Crippen molar-refractivity contribution in [3.05, 3.63) is 107 Å². The largest absolute Gasteiger partial charge is 0.508 e. The number of amides is 2. The van der Waals surface area contributed by atoms with E-state index in [4.69, 9.17) is 14.2 Å². The van der Waals surface area contributed by atoms with E-state index in [-0.39, 0.29) is 48.5 Å². The molecule has 0 radical (unpaired) electrons. The second-order valence-corrected chi connectivity index (χ2v) is 20.9. The summed E-state index contributed by atoms with van der Waals surface area (Å²) in [5.41, 5.74) is 4.02. The summed E-state index contributed by atoms with van der Waals surface area (Å²) in [7, 11) is -4.08. The van der Waals surface area contributed by atoms with E-state index in [1.807, 2.05) is 24.3 Å². The number of carboxylic acids is 1. The van der Waals surface area contributed by atoms with Crippen molar-refractivity contribution in [1.82, 2.24) is 4.90 Å². The molecule has 9 nitrogen and oxygen atoms in total. The number of phenolic OH excluding ortho intramolecular Hbond substituents is 1. The van der Waals surface area contributed by atoms with Gasteiger partial charge < -0.3 is 24.3 Å². The van der Waals surface area contributed by atoms with Crippen LogP contribution in [0.2, 0.25) is 11.4 Å². The number of aromatic hydroxyl groups is 1. The van der Waals surface area contributed by atoms with Gasteiger partial charge in [-0.3, -0.25) is 19.3 Å². The van der Waals surface area contributed by atoms with Gasteiger partial charge in [0.15, 0.2) is 0 Å². The Bertz CT molecular complexity index is 1890. The van der Waals surface area contributed by atoms with Crippen LogP contribution >= 0.6 is 0 Å². The van der Waals surface area contributed by atoms with Gasteiger partial charge in [-0.1, -0.05) is 119 Å². The highest BCUT2D eigenvalue weighted by atomic mass is 28.4. The van der Waals surface area contributed by atoms with Crippen LogP contribution in [0.25, 0.3) is 6.08 Å². The van der Waals surface area contributed by atoms with Crippen molar-refractivity contribution in [2.24, 2.45) is 17.8 Å². The molecule has 6 rings (SSSR count). The normalized spacial score (nSPS) is 21.7. The first-order valence-electron chi connectivity index (χ1n) is 20.2. The molecule has 3 aromatic rings. The van der Waals surface area contributed by atoms with E-state index in [1.165, 1.54) is 4.90 Å². The second kappa shape index (κ2) is 17.9. The Morgan fingerprint density at radius 3 is 2.21 bits per heavy atom. The van der Waals surface area contributed by atoms with Gasteiger partial charge >= 0.3 is 13.1 Å². The number of carboxylic acid groups (broad SMARTS) is 1. The number of allylic oxidation sites excluding steroid dienone is 1. The van der Waals surface area contributed by atoms with Gasteiger partial charge in [-0.15, -0.1) is 0 Å². The smallest absolute Gasteiger partial charge is 0.455 e. The van der Waals surface area contributed by atoms with Crippen LogP contribution in [0.5, 0.6) is 5.75 Å². The zero-order valence-corrected chi connectivity index (χ0v) is 34.2. The van der Waals surface area contributed by atoms with E-state index in [9.17, 15) is 24.5 Å². The predicted octanol–water partition coefficient (Wildman–Crippen LogP) is 6.98. The Hall–Kier alpha value is -4.29. The molecule has 1 aliphatic carbocycles. The first kappa shape index (κ1) is 41.3. The van der Waals surface area contributed by atoms with Crippen molar-refractivity contribution in [2.75, 3.05) is 13.2 Å². The third-order valence-electron chi connectivity index (χ3n) is 12.0. The quantitative estimate of drug-likeness (QED) is 0.0614. The Labute approximate surface area is 332 Å². The number of benzene rings is 3. The molecular weight excluding hydrogens is 721 g/mol. The zero-order chi connectivity index (χ0) is 40.0. The number of hydrogen-bond acceptors (Lipinski definition) is 7. The summed E-state index contributed by atoms with van der Waals surface area (Å²) in [6, 6.07) is 28.0. The number of likely N-dealkylation sites (tertiary alicyclic amines) is 1. The van der Waals surface area contributed by atoms with Crippen molar-refractivity contribution in [3.63, 3.8) is 0 Å². The number of carbonyl (C=O) groups is 3. The molecule has 2 saturated heterocycles. The fraction of sp³-hybridized carbons (Fsp3) is 0.444. The summed E-state index contributed by atoms with van der Waals surface area (Å²) in [6.45, 7) is 9.31. The summed E-state index contributed by atoms with van der Waals surface area (Å²) < 4.78 is 13.9. The highest BCUT2D eigenvalue weighted by Gasteiger charge is 2.58. The van der Waals surface area contributed by atoms with Crippen LogP contribution < -0.4 is 10.4 Å². The summed E-state index contributed by atoms with van der Waals surface area (Å²) in [4.78, 5) is 40.9. The molecule has 3 aromatic carbocycles. The van der Waals surface area contributed by atoms with E-state index in [1.54, 1.807) is 12.1 Å². The Morgan fingerprint density at radius 1 is 0.929 bits per heavy atom. The molecule has 2 aliphatic heterocycles. The van der Waals surface area contributed by atoms with Crippen LogP contribution in [-0.2, 0) is 23.5 Å². The van der Waals surface area contributed by atoms with Gasteiger partial charge in [-0.05, 0) is 95.0 Å². The highest BCUT2D eigenvalue weighted by Crippen LogP contribution is 2.51. The molecule has 11 heteroatoms. The molecule has 3 aliphatic rings. The van der Waals surface area contributed by atoms with Gasteiger partial charge in [-0.2, -0.15) is 0 Å². The van der Waals surface area contributed by atoms with Crippen molar-refractivity contribution in [3.8, 4) is 5.75 Å². The van der Waals surface area contributed by atoms with Crippen LogP contribution in [0.3, 0.4) is 0 Å². The standard InChI is InChI=1S/C45H56BNO8Si/c1-5-31(26-32-16-15-17-34(48)27-32)23-24-39-41-33(30-54-56(45(2,3)4,35-18-9-6-10-19-35)36-20-11-7-12-21-36)28-37-42(38(41)29-46(53)55-39)44(52)47(43(37)51)25-14-8-13-22-40(49)50/h6-7,9-12,15-21,26-27,37-39,42,48,53H,5,8,13-14,22-25,28-30H2,1-4H3,(H,49,50)/b31-26+/t37-,38+,39-,42-/m1/s1. The minimum atomic E-state index is -2.98. The molecule has 3 N–H and O–H groups in total. The molecule has 0 saturated carbocycles. The lowest BCUT2D eigenvalue weighted by Gasteiger charge is -2.46. The average molecular weight is 778 g/mol. The maximum atomic E-state index is 14.3. The van der Waals surface area contributed by atoms with E-state index in [2.05, 4.69) is 82.3 Å². The number of imide groups is 1. The number of nitrogens with zero attached hydrogens (tertiary/aromatic N) is 1. The Balaban J connectivity index is 1.38. The zero-order valence-electron chi connectivity index (χ0n) is 33.2. The topological polar surface area (TPSA) is 134 Å². The SMILES string of the molecule is CC/C(=C\c1cccc(O)c1)CC[C@H]1OB(O)C[C@H]2C1=C(CO[Si](c1ccccc1)(c1ccccc1)C(C)(C)C)C[C@H]1C(=O)N(CCCCCC(=O)O)C(=O)[C@H]12. The number of carbonyl (C=O) groups excluding carboxylic acids is 2. The lowest BCUT2D eigenvalue weighted by Crippen LogP contribution is -2.66. The minimum absolute atomic E-state index is 0.0548. The number of phenols is 1. The van der Waals surface area contributed by atoms with Crippen molar-refractivity contribution in [1.29, 1.82) is 0 Å². The fourth-order valence-corrected chi connectivity index (χ4v) is 13.9. The van der Waals surface area contributed by atoms with Crippen molar-refractivity contribution in [2.45, 2.75) is 96.5 Å². The summed E-state index contributed by atoms with van der Waals surface area (Å²) in [6.07, 6.45) is 5.88. The first-order chi connectivity index (χ1) is 26.8. The molecular formula is C45H56BNO8Si. The van der Waals surface area contributed by atoms with Crippen LogP contribution in [0.1, 0.15) is 84.6 Å². The molecule has 0 unspecified atom stereocenters. The number of hydrogen-bond donors (Lipinski definition) is 3. The van der Waals surface area contributed by atoms with Crippen LogP contribution in [0, 0.1) is 17.8 Å². The Morgan fingerprint density at radius 2 is 1.61 bits per heavy atom. The fourth-order valence-electron chi connectivity index (χ4n) is 9.38. The average Bonchev–Trinajstić information content (AvgIpc) is 3.41. The summed E-state index contributed by atoms with van der Waals surface area (Å²) in [5, 5.41) is 32.4. The molecule has 296 valence electrons. The second-order valence-electron chi connectivity index (χ2n) is 16.6. The summed E-state index contributed by atoms with van der Waals surface area (Å²) >= 11 is 0. The van der Waals surface area contributed by atoms with Crippen LogP contribution in [0.15, 0.2) is 102 Å². The highest BCUT2D eigenvalue weighted by molar-refractivity contribution is 6.99. The van der Waals surface area contributed by atoms with Crippen molar-refractivity contribution < 1.29 is 38.7 Å². The van der Waals surface area contributed by atoms with E-state index in [0.29, 0.717) is 38.5 Å². The monoisotopic (exact) mass is 777 g/mol. The molecule has 2 fully saturated rings. The van der Waals surface area contributed by atoms with E-state index in [0.717, 1.165) is 39.1 Å². The molecule has 0 spiro atoms. The molecule has 4 atom stereocenters. The molecule has 2 amide bonds. The number of aliphatic carboxylic acids is 1. The van der Waals surface area contributed by atoms with Gasteiger partial charge in [-0.25, -0.2) is 0 Å².